The molecular weight excluding hydrogens is 296 g/mol. The summed E-state index contributed by atoms with van der Waals surface area (Å²) in [6, 6.07) is 4.29. The van der Waals surface area contributed by atoms with Gasteiger partial charge in [-0.05, 0) is 30.4 Å². The molecular formula is C16H26N4OS. The van der Waals surface area contributed by atoms with Crippen LogP contribution in [0.25, 0.3) is 0 Å². The number of hydrogen-bond donors (Lipinski definition) is 2. The second-order valence-electron chi connectivity index (χ2n) is 6.26. The van der Waals surface area contributed by atoms with E-state index in [4.69, 9.17) is 0 Å². The van der Waals surface area contributed by atoms with Crippen molar-refractivity contribution < 1.29 is 5.11 Å². The lowest BCUT2D eigenvalue weighted by atomic mass is 10.0. The van der Waals surface area contributed by atoms with E-state index >= 15 is 0 Å². The van der Waals surface area contributed by atoms with E-state index in [0.29, 0.717) is 6.54 Å². The van der Waals surface area contributed by atoms with E-state index in [0.717, 1.165) is 57.8 Å². The molecule has 2 aliphatic rings. The Balaban J connectivity index is 1.50. The van der Waals surface area contributed by atoms with E-state index < -0.39 is 5.60 Å². The van der Waals surface area contributed by atoms with Gasteiger partial charge in [0.2, 0.25) is 0 Å². The minimum absolute atomic E-state index is 0.533. The van der Waals surface area contributed by atoms with Crippen molar-refractivity contribution in [2.24, 2.45) is 4.99 Å². The van der Waals surface area contributed by atoms with E-state index in [1.807, 2.05) is 7.05 Å². The second kappa shape index (κ2) is 6.87. The van der Waals surface area contributed by atoms with E-state index in [2.05, 4.69) is 37.6 Å². The van der Waals surface area contributed by atoms with Crippen LogP contribution in [0.3, 0.4) is 0 Å². The van der Waals surface area contributed by atoms with Crippen LogP contribution in [-0.2, 0) is 0 Å². The van der Waals surface area contributed by atoms with Gasteiger partial charge in [0, 0.05) is 39.8 Å². The van der Waals surface area contributed by atoms with Crippen LogP contribution >= 0.6 is 11.3 Å². The predicted octanol–water partition coefficient (Wildman–Crippen LogP) is 1.75. The van der Waals surface area contributed by atoms with Crippen molar-refractivity contribution in [3.8, 4) is 0 Å². The summed E-state index contributed by atoms with van der Waals surface area (Å²) in [7, 11) is 1.83. The third-order valence-electron chi connectivity index (χ3n) is 4.72. The molecule has 0 radical (unpaired) electrons. The minimum atomic E-state index is -0.533. The van der Waals surface area contributed by atoms with Crippen molar-refractivity contribution in [1.29, 1.82) is 0 Å². The van der Waals surface area contributed by atoms with E-state index in [-0.39, 0.29) is 0 Å². The number of aliphatic imine (C=N–C) groups is 1. The summed E-state index contributed by atoms with van der Waals surface area (Å²) in [5, 5.41) is 17.3. The van der Waals surface area contributed by atoms with Gasteiger partial charge >= 0.3 is 0 Å². The molecule has 1 aromatic heterocycles. The van der Waals surface area contributed by atoms with Gasteiger partial charge in [0.15, 0.2) is 5.96 Å². The minimum Gasteiger partial charge on any atom is -0.388 e. The SMILES string of the molecule is CN=C(NCC1(O)CCCC1)N1CCN(c2cccs2)CC1. The molecule has 122 valence electrons. The van der Waals surface area contributed by atoms with Crippen molar-refractivity contribution in [3.05, 3.63) is 17.5 Å². The molecule has 2 heterocycles. The fraction of sp³-hybridized carbons (Fsp3) is 0.688. The molecule has 2 fully saturated rings. The standard InChI is InChI=1S/C16H26N4OS/c1-17-15(18-13-16(21)6-2-3-7-16)20-10-8-19(9-11-20)14-5-4-12-22-14/h4-5,12,21H,2-3,6-11,13H2,1H3,(H,17,18). The monoisotopic (exact) mass is 322 g/mol. The first-order valence-corrected chi connectivity index (χ1v) is 9.05. The quantitative estimate of drug-likeness (QED) is 0.658. The summed E-state index contributed by atoms with van der Waals surface area (Å²) in [5.74, 6) is 0.922. The Bertz CT molecular complexity index is 488. The normalized spacial score (nSPS) is 22.2. The molecule has 1 aliphatic carbocycles. The number of thiophene rings is 1. The van der Waals surface area contributed by atoms with Crippen LogP contribution in [-0.4, -0.2) is 61.3 Å². The summed E-state index contributed by atoms with van der Waals surface area (Å²) < 4.78 is 0. The Kier molecular flexibility index (Phi) is 4.88. The van der Waals surface area contributed by atoms with Gasteiger partial charge in [-0.3, -0.25) is 4.99 Å². The zero-order chi connectivity index (χ0) is 15.4. The lowest BCUT2D eigenvalue weighted by Gasteiger charge is -2.37. The van der Waals surface area contributed by atoms with Gasteiger partial charge < -0.3 is 20.2 Å². The largest absolute Gasteiger partial charge is 0.388 e. The van der Waals surface area contributed by atoms with Gasteiger partial charge in [0.25, 0.3) is 0 Å². The van der Waals surface area contributed by atoms with Gasteiger partial charge in [0.1, 0.15) is 0 Å². The third kappa shape index (κ3) is 3.55. The van der Waals surface area contributed by atoms with Crippen molar-refractivity contribution in [3.63, 3.8) is 0 Å². The number of rotatable bonds is 3. The topological polar surface area (TPSA) is 51.1 Å². The Labute approximate surface area is 136 Å². The molecule has 1 aromatic rings. The van der Waals surface area contributed by atoms with Gasteiger partial charge in [-0.25, -0.2) is 0 Å². The number of anilines is 1. The van der Waals surface area contributed by atoms with Crippen LogP contribution in [0.4, 0.5) is 5.00 Å². The fourth-order valence-corrected chi connectivity index (χ4v) is 4.16. The van der Waals surface area contributed by atoms with Crippen molar-refractivity contribution >= 4 is 22.3 Å². The van der Waals surface area contributed by atoms with Gasteiger partial charge in [0.05, 0.1) is 10.6 Å². The molecule has 22 heavy (non-hydrogen) atoms. The summed E-state index contributed by atoms with van der Waals surface area (Å²) in [6.07, 6.45) is 4.08. The number of hydrogen-bond acceptors (Lipinski definition) is 4. The number of aliphatic hydroxyl groups is 1. The van der Waals surface area contributed by atoms with E-state index in [9.17, 15) is 5.11 Å². The molecule has 1 saturated heterocycles. The molecule has 2 N–H and O–H groups in total. The molecule has 0 atom stereocenters. The van der Waals surface area contributed by atoms with E-state index in [1.54, 1.807) is 11.3 Å². The van der Waals surface area contributed by atoms with Gasteiger partial charge in [-0.1, -0.05) is 12.8 Å². The highest BCUT2D eigenvalue weighted by molar-refractivity contribution is 7.14. The third-order valence-corrected chi connectivity index (χ3v) is 5.65. The van der Waals surface area contributed by atoms with Crippen LogP contribution in [0.5, 0.6) is 0 Å². The zero-order valence-electron chi connectivity index (χ0n) is 13.3. The molecule has 0 amide bonds. The summed E-state index contributed by atoms with van der Waals surface area (Å²) >= 11 is 1.80. The maximum absolute atomic E-state index is 10.5. The van der Waals surface area contributed by atoms with Crippen LogP contribution in [0.15, 0.2) is 22.5 Å². The molecule has 3 rings (SSSR count). The smallest absolute Gasteiger partial charge is 0.193 e. The first-order valence-electron chi connectivity index (χ1n) is 8.17. The van der Waals surface area contributed by atoms with Crippen molar-refractivity contribution in [2.45, 2.75) is 31.3 Å². The van der Waals surface area contributed by atoms with Crippen molar-refractivity contribution in [1.82, 2.24) is 10.2 Å². The Morgan fingerprint density at radius 1 is 1.32 bits per heavy atom. The number of nitrogens with one attached hydrogen (secondary N) is 1. The molecule has 0 bridgehead atoms. The maximum Gasteiger partial charge on any atom is 0.193 e. The summed E-state index contributed by atoms with van der Waals surface area (Å²) in [5.41, 5.74) is -0.533. The van der Waals surface area contributed by atoms with Crippen LogP contribution < -0.4 is 10.2 Å². The Hall–Kier alpha value is -1.27. The summed E-state index contributed by atoms with van der Waals surface area (Å²) in [4.78, 5) is 9.12. The second-order valence-corrected chi connectivity index (χ2v) is 7.18. The average molecular weight is 322 g/mol. The Morgan fingerprint density at radius 3 is 2.64 bits per heavy atom. The molecule has 6 heteroatoms. The fourth-order valence-electron chi connectivity index (χ4n) is 3.37. The molecule has 0 aromatic carbocycles. The lowest BCUT2D eigenvalue weighted by molar-refractivity contribution is 0.0515. The zero-order valence-corrected chi connectivity index (χ0v) is 14.1. The van der Waals surface area contributed by atoms with Crippen molar-refractivity contribution in [2.75, 3.05) is 44.7 Å². The van der Waals surface area contributed by atoms with Gasteiger partial charge in [-0.2, -0.15) is 0 Å². The number of piperazine rings is 1. The molecule has 1 saturated carbocycles. The molecule has 5 nitrogen and oxygen atoms in total. The number of guanidine groups is 1. The van der Waals surface area contributed by atoms with Gasteiger partial charge in [-0.15, -0.1) is 11.3 Å². The predicted molar refractivity (Wildman–Crippen MR) is 92.9 cm³/mol. The highest BCUT2D eigenvalue weighted by Gasteiger charge is 2.31. The lowest BCUT2D eigenvalue weighted by Crippen LogP contribution is -2.54. The number of nitrogens with zero attached hydrogens (tertiary/aromatic N) is 3. The maximum atomic E-state index is 10.5. The molecule has 0 unspecified atom stereocenters. The average Bonchev–Trinajstić information content (AvgIpc) is 3.21. The molecule has 0 spiro atoms. The molecule has 1 aliphatic heterocycles. The van der Waals surface area contributed by atoms with Crippen LogP contribution in [0.2, 0.25) is 0 Å². The van der Waals surface area contributed by atoms with Crippen LogP contribution in [0, 0.1) is 0 Å². The van der Waals surface area contributed by atoms with E-state index in [1.165, 1.54) is 5.00 Å². The first kappa shape index (κ1) is 15.6. The highest BCUT2D eigenvalue weighted by atomic mass is 32.1. The Morgan fingerprint density at radius 2 is 2.05 bits per heavy atom. The first-order chi connectivity index (χ1) is 10.7. The highest BCUT2D eigenvalue weighted by Crippen LogP contribution is 2.28. The summed E-state index contributed by atoms with van der Waals surface area (Å²) in [6.45, 7) is 4.59. The van der Waals surface area contributed by atoms with Crippen LogP contribution in [0.1, 0.15) is 25.7 Å².